The van der Waals surface area contributed by atoms with Gasteiger partial charge in [0, 0.05) is 7.05 Å². The summed E-state index contributed by atoms with van der Waals surface area (Å²) in [6.07, 6.45) is 0. The lowest BCUT2D eigenvalue weighted by Gasteiger charge is -2.27. The van der Waals surface area contributed by atoms with E-state index in [0.717, 1.165) is 27.4 Å². The average Bonchev–Trinajstić information content (AvgIpc) is 2.66. The molecule has 0 aliphatic carbocycles. The van der Waals surface area contributed by atoms with E-state index in [0.29, 0.717) is 0 Å². The fraction of sp³-hybridized carbons (Fsp3) is 0.385. The van der Waals surface area contributed by atoms with Gasteiger partial charge in [-0.3, -0.25) is 9.80 Å². The molecular weight excluding hydrogens is 228 g/mol. The molecule has 0 aliphatic heterocycles. The van der Waals surface area contributed by atoms with Gasteiger partial charge in [0.15, 0.2) is 0 Å². The summed E-state index contributed by atoms with van der Waals surface area (Å²) >= 11 is 0. The van der Waals surface area contributed by atoms with E-state index in [-0.39, 0.29) is 5.91 Å². The van der Waals surface area contributed by atoms with Crippen molar-refractivity contribution in [3.8, 4) is 0 Å². The molecule has 0 fully saturated rings. The Morgan fingerprint density at radius 3 is 2.72 bits per heavy atom. The van der Waals surface area contributed by atoms with Crippen LogP contribution in [0.25, 0.3) is 11.0 Å². The van der Waals surface area contributed by atoms with Crippen LogP contribution in [0.3, 0.4) is 0 Å². The molecule has 0 atom stereocenters. The van der Waals surface area contributed by atoms with E-state index in [9.17, 15) is 4.79 Å². The van der Waals surface area contributed by atoms with Crippen molar-refractivity contribution in [2.45, 2.75) is 26.2 Å². The number of nitrogens with zero attached hydrogens (tertiary/aromatic N) is 2. The molecule has 0 unspecified atom stereocenters. The van der Waals surface area contributed by atoms with Crippen molar-refractivity contribution in [1.29, 1.82) is 0 Å². The molecule has 2 rings (SSSR count). The molecule has 0 saturated carbocycles. The number of nitrogens with one attached hydrogen (secondary N) is 1. The van der Waals surface area contributed by atoms with Crippen LogP contribution >= 0.6 is 0 Å². The first kappa shape index (κ1) is 12.6. The Kier molecular flexibility index (Phi) is 2.86. The van der Waals surface area contributed by atoms with Crippen molar-refractivity contribution < 1.29 is 4.79 Å². The number of hydrazine groups is 1. The van der Waals surface area contributed by atoms with Crippen LogP contribution < -0.4 is 5.84 Å². The molecule has 1 heterocycles. The number of aryl methyl sites for hydroxylation is 1. The van der Waals surface area contributed by atoms with E-state index >= 15 is 0 Å². The number of rotatable bonds is 2. The molecule has 0 spiro atoms. The average molecular weight is 246 g/mol. The third kappa shape index (κ3) is 1.97. The molecule has 3 N–H and O–H groups in total. The SMILES string of the molecule is Cc1nc2ccc(C(C)(C)C(=O)N(C)N)cc2[nH]1. The van der Waals surface area contributed by atoms with Crippen LogP contribution in [0.2, 0.25) is 0 Å². The van der Waals surface area contributed by atoms with Gasteiger partial charge in [-0.1, -0.05) is 6.07 Å². The van der Waals surface area contributed by atoms with Crippen LogP contribution in [-0.4, -0.2) is 27.9 Å². The van der Waals surface area contributed by atoms with Crippen molar-refractivity contribution in [3.05, 3.63) is 29.6 Å². The van der Waals surface area contributed by atoms with E-state index in [2.05, 4.69) is 9.97 Å². The zero-order chi connectivity index (χ0) is 13.5. The number of carbonyl (C=O) groups excluding carboxylic acids is 1. The van der Waals surface area contributed by atoms with Gasteiger partial charge in [0.05, 0.1) is 16.4 Å². The van der Waals surface area contributed by atoms with Gasteiger partial charge < -0.3 is 4.98 Å². The van der Waals surface area contributed by atoms with E-state index in [1.165, 1.54) is 0 Å². The highest BCUT2D eigenvalue weighted by atomic mass is 16.2. The number of carbonyl (C=O) groups is 1. The number of aromatic nitrogens is 2. The minimum atomic E-state index is -0.656. The summed E-state index contributed by atoms with van der Waals surface area (Å²) in [7, 11) is 1.56. The number of fused-ring (bicyclic) bond motifs is 1. The molecule has 0 bridgehead atoms. The van der Waals surface area contributed by atoms with E-state index in [1.54, 1.807) is 7.05 Å². The van der Waals surface area contributed by atoms with E-state index in [4.69, 9.17) is 5.84 Å². The maximum Gasteiger partial charge on any atom is 0.246 e. The molecule has 18 heavy (non-hydrogen) atoms. The normalized spacial score (nSPS) is 11.8. The van der Waals surface area contributed by atoms with Crippen molar-refractivity contribution in [2.75, 3.05) is 7.05 Å². The number of imidazole rings is 1. The number of amides is 1. The second-order valence-corrected chi connectivity index (χ2v) is 5.10. The van der Waals surface area contributed by atoms with Gasteiger partial charge in [-0.05, 0) is 38.5 Å². The van der Waals surface area contributed by atoms with Crippen molar-refractivity contribution >= 4 is 16.9 Å². The van der Waals surface area contributed by atoms with Crippen LogP contribution in [0.15, 0.2) is 18.2 Å². The summed E-state index contributed by atoms with van der Waals surface area (Å²) in [5, 5.41) is 1.13. The number of hydrogen-bond donors (Lipinski definition) is 2. The highest BCUT2D eigenvalue weighted by molar-refractivity contribution is 5.88. The van der Waals surface area contributed by atoms with Gasteiger partial charge in [-0.15, -0.1) is 0 Å². The second kappa shape index (κ2) is 4.10. The molecule has 0 radical (unpaired) electrons. The summed E-state index contributed by atoms with van der Waals surface area (Å²) in [4.78, 5) is 19.6. The summed E-state index contributed by atoms with van der Waals surface area (Å²) < 4.78 is 0. The lowest BCUT2D eigenvalue weighted by Crippen LogP contribution is -2.44. The van der Waals surface area contributed by atoms with Gasteiger partial charge in [-0.2, -0.15) is 0 Å². The van der Waals surface area contributed by atoms with Gasteiger partial charge in [0.25, 0.3) is 0 Å². The van der Waals surface area contributed by atoms with Gasteiger partial charge in [-0.25, -0.2) is 10.8 Å². The summed E-state index contributed by atoms with van der Waals surface area (Å²) in [5.74, 6) is 6.28. The lowest BCUT2D eigenvalue weighted by molar-refractivity contribution is -0.135. The Morgan fingerprint density at radius 1 is 1.44 bits per heavy atom. The first-order chi connectivity index (χ1) is 8.32. The number of benzene rings is 1. The Morgan fingerprint density at radius 2 is 2.11 bits per heavy atom. The summed E-state index contributed by atoms with van der Waals surface area (Å²) in [6, 6.07) is 5.79. The number of nitrogens with two attached hydrogens (primary N) is 1. The fourth-order valence-corrected chi connectivity index (χ4v) is 2.09. The topological polar surface area (TPSA) is 75.0 Å². The predicted molar refractivity (Wildman–Crippen MR) is 70.8 cm³/mol. The minimum absolute atomic E-state index is 0.127. The maximum atomic E-state index is 12.1. The van der Waals surface area contributed by atoms with Crippen molar-refractivity contribution in [1.82, 2.24) is 15.0 Å². The van der Waals surface area contributed by atoms with Gasteiger partial charge in [0.2, 0.25) is 5.91 Å². The Hall–Kier alpha value is -1.88. The third-order valence-corrected chi connectivity index (χ3v) is 3.18. The van der Waals surface area contributed by atoms with Crippen LogP contribution in [-0.2, 0) is 10.2 Å². The molecule has 96 valence electrons. The highest BCUT2D eigenvalue weighted by Gasteiger charge is 2.31. The lowest BCUT2D eigenvalue weighted by atomic mass is 9.83. The number of H-pyrrole nitrogens is 1. The standard InChI is InChI=1S/C13H18N4O/c1-8-15-10-6-5-9(7-11(10)16-8)13(2,3)12(18)17(4)14/h5-7H,14H2,1-4H3,(H,15,16). The predicted octanol–water partition coefficient (Wildman–Crippen LogP) is 1.48. The van der Waals surface area contributed by atoms with E-state index in [1.807, 2.05) is 39.0 Å². The molecular formula is C13H18N4O. The Labute approximate surface area is 106 Å². The fourth-order valence-electron chi connectivity index (χ4n) is 2.09. The van der Waals surface area contributed by atoms with Crippen LogP contribution in [0.4, 0.5) is 0 Å². The molecule has 1 amide bonds. The molecule has 1 aromatic heterocycles. The van der Waals surface area contributed by atoms with Crippen molar-refractivity contribution in [3.63, 3.8) is 0 Å². The quantitative estimate of drug-likeness (QED) is 0.479. The molecule has 2 aromatic rings. The molecule has 1 aromatic carbocycles. The van der Waals surface area contributed by atoms with Crippen LogP contribution in [0.1, 0.15) is 25.2 Å². The first-order valence-electron chi connectivity index (χ1n) is 5.82. The maximum absolute atomic E-state index is 12.1. The Balaban J connectivity index is 2.50. The summed E-state index contributed by atoms with van der Waals surface area (Å²) in [5.41, 5.74) is 2.10. The second-order valence-electron chi connectivity index (χ2n) is 5.10. The smallest absolute Gasteiger partial charge is 0.246 e. The van der Waals surface area contributed by atoms with Gasteiger partial charge in [0.1, 0.15) is 5.82 Å². The number of aromatic amines is 1. The third-order valence-electron chi connectivity index (χ3n) is 3.18. The first-order valence-corrected chi connectivity index (χ1v) is 5.82. The highest BCUT2D eigenvalue weighted by Crippen LogP contribution is 2.27. The van der Waals surface area contributed by atoms with Crippen LogP contribution in [0.5, 0.6) is 0 Å². The summed E-state index contributed by atoms with van der Waals surface area (Å²) in [6.45, 7) is 5.63. The molecule has 5 heteroatoms. The molecule has 0 aliphatic rings. The number of likely N-dealkylation sites (N-methyl/N-ethyl adjacent to an activating group) is 1. The monoisotopic (exact) mass is 246 g/mol. The van der Waals surface area contributed by atoms with E-state index < -0.39 is 5.41 Å². The van der Waals surface area contributed by atoms with Crippen molar-refractivity contribution in [2.24, 2.45) is 5.84 Å². The molecule has 5 nitrogen and oxygen atoms in total. The number of hydrogen-bond acceptors (Lipinski definition) is 3. The largest absolute Gasteiger partial charge is 0.342 e. The Bertz CT molecular complexity index is 598. The minimum Gasteiger partial charge on any atom is -0.342 e. The van der Waals surface area contributed by atoms with Gasteiger partial charge >= 0.3 is 0 Å². The molecule has 0 saturated heterocycles. The zero-order valence-electron chi connectivity index (χ0n) is 11.1. The zero-order valence-corrected chi connectivity index (χ0v) is 11.1. The van der Waals surface area contributed by atoms with Crippen LogP contribution in [0, 0.1) is 6.92 Å².